The van der Waals surface area contributed by atoms with Gasteiger partial charge in [-0.05, 0) is 39.0 Å². The van der Waals surface area contributed by atoms with Gasteiger partial charge < -0.3 is 10.1 Å². The molecule has 22 heavy (non-hydrogen) atoms. The molecule has 0 unspecified atom stereocenters. The molecule has 2 rings (SSSR count). The highest BCUT2D eigenvalue weighted by Crippen LogP contribution is 2.26. The van der Waals surface area contributed by atoms with Gasteiger partial charge in [0.1, 0.15) is 10.9 Å². The van der Waals surface area contributed by atoms with E-state index in [1.165, 1.54) is 6.20 Å². The molecule has 0 aliphatic rings. The molecule has 0 fully saturated rings. The van der Waals surface area contributed by atoms with E-state index in [-0.39, 0.29) is 18.1 Å². The quantitative estimate of drug-likeness (QED) is 0.847. The molecule has 1 atom stereocenters. The molecular formula is C17H19ClN2O2. The van der Waals surface area contributed by atoms with Crippen LogP contribution in [0.5, 0.6) is 5.75 Å². The predicted octanol–water partition coefficient (Wildman–Crippen LogP) is 4.01. The number of pyridine rings is 1. The number of rotatable bonds is 5. The molecule has 0 spiro atoms. The zero-order valence-electron chi connectivity index (χ0n) is 12.8. The van der Waals surface area contributed by atoms with Gasteiger partial charge in [0, 0.05) is 17.3 Å². The Hall–Kier alpha value is -2.07. The number of carbonyl (C=O) groups excluding carboxylic acids is 1. The number of carbonyl (C=O) groups is 1. The van der Waals surface area contributed by atoms with Crippen molar-refractivity contribution in [1.82, 2.24) is 10.3 Å². The highest BCUT2D eigenvalue weighted by Gasteiger charge is 2.16. The number of halogens is 1. The summed E-state index contributed by atoms with van der Waals surface area (Å²) >= 11 is 5.81. The summed E-state index contributed by atoms with van der Waals surface area (Å²) in [6.07, 6.45) is 1.58. The van der Waals surface area contributed by atoms with Gasteiger partial charge in [-0.15, -0.1) is 0 Å². The molecule has 1 N–H and O–H groups in total. The minimum atomic E-state index is -0.198. The average molecular weight is 319 g/mol. The second-order valence-corrected chi connectivity index (χ2v) is 5.65. The molecule has 0 saturated heterocycles. The fraction of sp³-hybridized carbons (Fsp3) is 0.294. The summed E-state index contributed by atoms with van der Waals surface area (Å²) in [5.41, 5.74) is 1.42. The first-order chi connectivity index (χ1) is 10.5. The van der Waals surface area contributed by atoms with Gasteiger partial charge in [-0.25, -0.2) is 4.98 Å². The van der Waals surface area contributed by atoms with Crippen molar-refractivity contribution < 1.29 is 9.53 Å². The third kappa shape index (κ3) is 4.21. The first-order valence-corrected chi connectivity index (χ1v) is 7.53. The van der Waals surface area contributed by atoms with E-state index in [1.54, 1.807) is 12.1 Å². The lowest BCUT2D eigenvalue weighted by Gasteiger charge is -2.19. The largest absolute Gasteiger partial charge is 0.491 e. The van der Waals surface area contributed by atoms with E-state index in [0.717, 1.165) is 11.3 Å². The van der Waals surface area contributed by atoms with Crippen LogP contribution in [0.2, 0.25) is 5.15 Å². The Morgan fingerprint density at radius 2 is 1.95 bits per heavy atom. The molecule has 0 saturated carbocycles. The van der Waals surface area contributed by atoms with Crippen molar-refractivity contribution >= 4 is 17.5 Å². The first-order valence-electron chi connectivity index (χ1n) is 7.15. The van der Waals surface area contributed by atoms with Crippen LogP contribution in [0.25, 0.3) is 0 Å². The molecule has 0 aliphatic heterocycles. The predicted molar refractivity (Wildman–Crippen MR) is 87.3 cm³/mol. The topological polar surface area (TPSA) is 51.2 Å². The number of ether oxygens (including phenoxy) is 1. The Bertz CT molecular complexity index is 659. The van der Waals surface area contributed by atoms with E-state index >= 15 is 0 Å². The fourth-order valence-corrected chi connectivity index (χ4v) is 2.27. The van der Waals surface area contributed by atoms with Crippen molar-refractivity contribution in [3.05, 3.63) is 58.9 Å². The van der Waals surface area contributed by atoms with Gasteiger partial charge in [0.25, 0.3) is 5.91 Å². The smallest absolute Gasteiger partial charge is 0.251 e. The van der Waals surface area contributed by atoms with Crippen LogP contribution < -0.4 is 10.1 Å². The second kappa shape index (κ2) is 7.27. The summed E-state index contributed by atoms with van der Waals surface area (Å²) < 4.78 is 5.79. The van der Waals surface area contributed by atoms with Gasteiger partial charge in [0.05, 0.1) is 12.1 Å². The van der Waals surface area contributed by atoms with Gasteiger partial charge >= 0.3 is 0 Å². The lowest BCUT2D eigenvalue weighted by Crippen LogP contribution is -2.27. The maximum atomic E-state index is 12.3. The van der Waals surface area contributed by atoms with Crippen molar-refractivity contribution in [2.24, 2.45) is 0 Å². The fourth-order valence-electron chi connectivity index (χ4n) is 2.10. The zero-order chi connectivity index (χ0) is 16.1. The third-order valence-electron chi connectivity index (χ3n) is 3.08. The van der Waals surface area contributed by atoms with Crippen LogP contribution >= 0.6 is 11.6 Å². The lowest BCUT2D eigenvalue weighted by atomic mass is 10.1. The molecular weight excluding hydrogens is 300 g/mol. The summed E-state index contributed by atoms with van der Waals surface area (Å²) in [6.45, 7) is 5.86. The minimum Gasteiger partial charge on any atom is -0.491 e. The third-order valence-corrected chi connectivity index (χ3v) is 3.29. The van der Waals surface area contributed by atoms with Crippen LogP contribution in [0.3, 0.4) is 0 Å². The highest BCUT2D eigenvalue weighted by molar-refractivity contribution is 6.29. The van der Waals surface area contributed by atoms with Crippen LogP contribution in [0, 0.1) is 0 Å². The van der Waals surface area contributed by atoms with E-state index in [1.807, 2.05) is 45.0 Å². The standard InChI is InChI=1S/C17H19ClN2O2/c1-11(2)22-15-7-5-4-6-14(15)12(3)20-17(21)13-8-9-19-16(18)10-13/h4-12H,1-3H3,(H,20,21)/t12-/m1/s1. The molecule has 0 aliphatic carbocycles. The summed E-state index contributed by atoms with van der Waals surface area (Å²) in [4.78, 5) is 16.1. The van der Waals surface area contributed by atoms with Crippen molar-refractivity contribution in [3.8, 4) is 5.75 Å². The molecule has 1 aromatic carbocycles. The molecule has 1 heterocycles. The number of nitrogens with one attached hydrogen (secondary N) is 1. The molecule has 0 radical (unpaired) electrons. The van der Waals surface area contributed by atoms with E-state index in [2.05, 4.69) is 10.3 Å². The lowest BCUT2D eigenvalue weighted by molar-refractivity contribution is 0.0939. The number of amides is 1. The highest BCUT2D eigenvalue weighted by atomic mass is 35.5. The first kappa shape index (κ1) is 16.3. The SMILES string of the molecule is CC(C)Oc1ccccc1[C@@H](C)NC(=O)c1ccnc(Cl)c1. The van der Waals surface area contributed by atoms with E-state index in [0.29, 0.717) is 10.7 Å². The monoisotopic (exact) mass is 318 g/mol. The van der Waals surface area contributed by atoms with Crippen molar-refractivity contribution in [3.63, 3.8) is 0 Å². The number of benzene rings is 1. The molecule has 116 valence electrons. The van der Waals surface area contributed by atoms with Crippen LogP contribution in [0.4, 0.5) is 0 Å². The number of hydrogen-bond acceptors (Lipinski definition) is 3. The average Bonchev–Trinajstić information content (AvgIpc) is 2.47. The Morgan fingerprint density at radius 1 is 1.23 bits per heavy atom. The summed E-state index contributed by atoms with van der Waals surface area (Å²) in [5.74, 6) is 0.578. The van der Waals surface area contributed by atoms with Crippen LogP contribution in [0.15, 0.2) is 42.6 Å². The van der Waals surface area contributed by atoms with Gasteiger partial charge in [-0.2, -0.15) is 0 Å². The molecule has 0 bridgehead atoms. The summed E-state index contributed by atoms with van der Waals surface area (Å²) in [5, 5.41) is 3.24. The molecule has 1 aromatic heterocycles. The normalized spacial score (nSPS) is 12.0. The van der Waals surface area contributed by atoms with Gasteiger partial charge in [0.15, 0.2) is 0 Å². The number of aromatic nitrogens is 1. The van der Waals surface area contributed by atoms with E-state index < -0.39 is 0 Å². The van der Waals surface area contributed by atoms with Gasteiger partial charge in [-0.1, -0.05) is 29.8 Å². The Balaban J connectivity index is 2.15. The summed E-state index contributed by atoms with van der Waals surface area (Å²) in [6, 6.07) is 10.7. The number of para-hydroxylation sites is 1. The molecule has 4 nitrogen and oxygen atoms in total. The Kier molecular flexibility index (Phi) is 5.39. The van der Waals surface area contributed by atoms with Crippen LogP contribution in [0.1, 0.15) is 42.7 Å². The van der Waals surface area contributed by atoms with Crippen molar-refractivity contribution in [2.75, 3.05) is 0 Å². The van der Waals surface area contributed by atoms with Gasteiger partial charge in [0.2, 0.25) is 0 Å². The van der Waals surface area contributed by atoms with Crippen LogP contribution in [-0.2, 0) is 0 Å². The van der Waals surface area contributed by atoms with Crippen molar-refractivity contribution in [1.29, 1.82) is 0 Å². The molecule has 5 heteroatoms. The van der Waals surface area contributed by atoms with Crippen LogP contribution in [-0.4, -0.2) is 17.0 Å². The number of nitrogens with zero attached hydrogens (tertiary/aromatic N) is 1. The van der Waals surface area contributed by atoms with E-state index in [9.17, 15) is 4.79 Å². The maximum Gasteiger partial charge on any atom is 0.251 e. The minimum absolute atomic E-state index is 0.0723. The Morgan fingerprint density at radius 3 is 2.64 bits per heavy atom. The van der Waals surface area contributed by atoms with E-state index in [4.69, 9.17) is 16.3 Å². The molecule has 1 amide bonds. The van der Waals surface area contributed by atoms with Gasteiger partial charge in [-0.3, -0.25) is 4.79 Å². The second-order valence-electron chi connectivity index (χ2n) is 5.27. The zero-order valence-corrected chi connectivity index (χ0v) is 13.6. The molecule has 2 aromatic rings. The summed E-state index contributed by atoms with van der Waals surface area (Å²) in [7, 11) is 0. The van der Waals surface area contributed by atoms with Crippen molar-refractivity contribution in [2.45, 2.75) is 32.9 Å². The Labute approximate surface area is 135 Å². The number of hydrogen-bond donors (Lipinski definition) is 1. The maximum absolute atomic E-state index is 12.3.